The highest BCUT2D eigenvalue weighted by Gasteiger charge is 2.47. The van der Waals surface area contributed by atoms with Gasteiger partial charge in [-0.3, -0.25) is 4.79 Å². The van der Waals surface area contributed by atoms with Crippen molar-refractivity contribution in [2.75, 3.05) is 20.8 Å². The number of hydrogen-bond acceptors (Lipinski definition) is 5. The van der Waals surface area contributed by atoms with Gasteiger partial charge in [-0.1, -0.05) is 61.0 Å². The summed E-state index contributed by atoms with van der Waals surface area (Å²) in [6, 6.07) is 26.3. The maximum atomic E-state index is 12.9. The number of esters is 1. The van der Waals surface area contributed by atoms with E-state index < -0.39 is 5.60 Å². The Morgan fingerprint density at radius 3 is 1.84 bits per heavy atom. The van der Waals surface area contributed by atoms with Crippen molar-refractivity contribution in [3.05, 3.63) is 95.6 Å². The zero-order valence-corrected chi connectivity index (χ0v) is 21.7. The summed E-state index contributed by atoms with van der Waals surface area (Å²) in [7, 11) is 3.33. The summed E-state index contributed by atoms with van der Waals surface area (Å²) in [5, 5.41) is 0. The largest absolute Gasteiger partial charge is 0.497 e. The quantitative estimate of drug-likeness (QED) is 0.234. The summed E-state index contributed by atoms with van der Waals surface area (Å²) in [6.07, 6.45) is 6.42. The van der Waals surface area contributed by atoms with Gasteiger partial charge < -0.3 is 18.9 Å². The Morgan fingerprint density at radius 2 is 1.30 bits per heavy atom. The topological polar surface area (TPSA) is 54.0 Å². The second kappa shape index (κ2) is 11.4. The van der Waals surface area contributed by atoms with Gasteiger partial charge in [-0.05, 0) is 79.0 Å². The molecule has 5 rings (SSSR count). The molecule has 37 heavy (non-hydrogen) atoms. The molecule has 0 saturated heterocycles. The molecular formula is C32H36O5. The smallest absolute Gasteiger partial charge is 0.309 e. The first kappa shape index (κ1) is 25.3. The first-order valence-corrected chi connectivity index (χ1v) is 13.3. The number of methoxy groups -OCH3 is 2. The lowest BCUT2D eigenvalue weighted by molar-refractivity contribution is -0.152. The predicted molar refractivity (Wildman–Crippen MR) is 143 cm³/mol. The molecule has 2 fully saturated rings. The van der Waals surface area contributed by atoms with Crippen molar-refractivity contribution in [1.29, 1.82) is 0 Å². The highest BCUT2D eigenvalue weighted by Crippen LogP contribution is 2.46. The predicted octanol–water partition coefficient (Wildman–Crippen LogP) is 6.52. The van der Waals surface area contributed by atoms with E-state index in [1.807, 2.05) is 42.5 Å². The van der Waals surface area contributed by atoms with Crippen LogP contribution in [0.1, 0.15) is 55.2 Å². The van der Waals surface area contributed by atoms with Gasteiger partial charge in [-0.2, -0.15) is 0 Å². The maximum absolute atomic E-state index is 12.9. The molecule has 0 amide bonds. The van der Waals surface area contributed by atoms with Gasteiger partial charge >= 0.3 is 5.97 Å². The molecule has 0 N–H and O–H groups in total. The van der Waals surface area contributed by atoms with Crippen molar-refractivity contribution in [3.8, 4) is 11.5 Å². The van der Waals surface area contributed by atoms with Crippen LogP contribution in [-0.2, 0) is 19.9 Å². The molecule has 2 aliphatic carbocycles. The van der Waals surface area contributed by atoms with Crippen molar-refractivity contribution in [2.45, 2.75) is 50.2 Å². The van der Waals surface area contributed by atoms with Crippen LogP contribution >= 0.6 is 0 Å². The van der Waals surface area contributed by atoms with E-state index in [-0.39, 0.29) is 23.9 Å². The van der Waals surface area contributed by atoms with Gasteiger partial charge in [0.15, 0.2) is 0 Å². The molecule has 2 saturated carbocycles. The molecular weight excluding hydrogens is 464 g/mol. The van der Waals surface area contributed by atoms with E-state index in [0.717, 1.165) is 60.3 Å². The Morgan fingerprint density at radius 1 is 0.757 bits per heavy atom. The minimum Gasteiger partial charge on any atom is -0.497 e. The van der Waals surface area contributed by atoms with Crippen LogP contribution < -0.4 is 9.47 Å². The van der Waals surface area contributed by atoms with Crippen LogP contribution in [0, 0.1) is 11.8 Å². The standard InChI is InChI=1S/C32H36O5/c1-34-27-17-13-25(14-18-27)32(24-9-5-3-6-10-24,26-15-19-28(35-2)20-16-26)36-22-23-21-30(23)31(33)37-29-11-7-4-8-12-29/h3,5-6,9-10,13-20,23,29-30H,4,7-8,11-12,21-22H2,1-2H3. The van der Waals surface area contributed by atoms with Crippen LogP contribution in [0.3, 0.4) is 0 Å². The number of carbonyl (C=O) groups excluding carboxylic acids is 1. The number of rotatable bonds is 10. The van der Waals surface area contributed by atoms with E-state index >= 15 is 0 Å². The molecule has 5 heteroatoms. The van der Waals surface area contributed by atoms with Gasteiger partial charge in [0.1, 0.15) is 23.2 Å². The first-order valence-electron chi connectivity index (χ1n) is 13.3. The molecule has 2 atom stereocenters. The van der Waals surface area contributed by atoms with E-state index in [9.17, 15) is 4.79 Å². The Kier molecular flexibility index (Phi) is 7.80. The maximum Gasteiger partial charge on any atom is 0.309 e. The zero-order chi connectivity index (χ0) is 25.7. The fourth-order valence-electron chi connectivity index (χ4n) is 5.46. The number of ether oxygens (including phenoxy) is 4. The molecule has 0 aliphatic heterocycles. The van der Waals surface area contributed by atoms with Gasteiger partial charge in [0.25, 0.3) is 0 Å². The molecule has 3 aromatic rings. The van der Waals surface area contributed by atoms with E-state index in [1.165, 1.54) is 6.42 Å². The molecule has 2 unspecified atom stereocenters. The summed E-state index contributed by atoms with van der Waals surface area (Å²) < 4.78 is 23.7. The molecule has 2 aliphatic rings. The van der Waals surface area contributed by atoms with Gasteiger partial charge in [-0.15, -0.1) is 0 Å². The Hall–Kier alpha value is -3.31. The fraction of sp³-hybridized carbons (Fsp3) is 0.406. The monoisotopic (exact) mass is 500 g/mol. The minimum atomic E-state index is -0.861. The van der Waals surface area contributed by atoms with Crippen molar-refractivity contribution in [2.24, 2.45) is 11.8 Å². The Balaban J connectivity index is 1.44. The van der Waals surface area contributed by atoms with Crippen LogP contribution in [0.2, 0.25) is 0 Å². The number of hydrogen-bond donors (Lipinski definition) is 0. The van der Waals surface area contributed by atoms with Gasteiger partial charge in [0.2, 0.25) is 0 Å². The van der Waals surface area contributed by atoms with E-state index in [1.54, 1.807) is 14.2 Å². The minimum absolute atomic E-state index is 0.0558. The van der Waals surface area contributed by atoms with Gasteiger partial charge in [0, 0.05) is 0 Å². The summed E-state index contributed by atoms with van der Waals surface area (Å²) in [5.74, 6) is 1.58. The highest BCUT2D eigenvalue weighted by atomic mass is 16.5. The summed E-state index contributed by atoms with van der Waals surface area (Å²) in [5.41, 5.74) is 2.14. The highest BCUT2D eigenvalue weighted by molar-refractivity contribution is 5.76. The van der Waals surface area contributed by atoms with Crippen molar-refractivity contribution >= 4 is 5.97 Å². The molecule has 0 bridgehead atoms. The molecule has 0 aromatic heterocycles. The molecule has 0 heterocycles. The molecule has 5 nitrogen and oxygen atoms in total. The average molecular weight is 501 g/mol. The Labute approximate surface area is 219 Å². The van der Waals surface area contributed by atoms with Crippen molar-refractivity contribution in [1.82, 2.24) is 0 Å². The SMILES string of the molecule is COc1ccc(C(OCC2CC2C(=O)OC2CCCCC2)(c2ccccc2)c2ccc(OC)cc2)cc1. The second-order valence-electron chi connectivity index (χ2n) is 10.1. The average Bonchev–Trinajstić information content (AvgIpc) is 3.75. The summed E-state index contributed by atoms with van der Waals surface area (Å²) in [6.45, 7) is 0.456. The summed E-state index contributed by atoms with van der Waals surface area (Å²) in [4.78, 5) is 12.9. The molecule has 0 spiro atoms. The van der Waals surface area contributed by atoms with Gasteiger partial charge in [0.05, 0.1) is 26.7 Å². The number of benzene rings is 3. The van der Waals surface area contributed by atoms with Gasteiger partial charge in [-0.25, -0.2) is 0 Å². The Bertz CT molecular complexity index is 1100. The first-order chi connectivity index (χ1) is 18.1. The second-order valence-corrected chi connectivity index (χ2v) is 10.1. The lowest BCUT2D eigenvalue weighted by Gasteiger charge is -2.36. The van der Waals surface area contributed by atoms with Crippen LogP contribution in [0.25, 0.3) is 0 Å². The normalized spacial score (nSPS) is 19.7. The molecule has 0 radical (unpaired) electrons. The molecule has 3 aromatic carbocycles. The van der Waals surface area contributed by atoms with Crippen LogP contribution in [0.4, 0.5) is 0 Å². The molecule has 194 valence electrons. The lowest BCUT2D eigenvalue weighted by Crippen LogP contribution is -2.34. The van der Waals surface area contributed by atoms with Crippen LogP contribution in [-0.4, -0.2) is 32.9 Å². The lowest BCUT2D eigenvalue weighted by atomic mass is 9.80. The van der Waals surface area contributed by atoms with E-state index in [0.29, 0.717) is 6.61 Å². The fourth-order valence-corrected chi connectivity index (χ4v) is 5.46. The van der Waals surface area contributed by atoms with E-state index in [2.05, 4.69) is 36.4 Å². The third-order valence-electron chi connectivity index (χ3n) is 7.75. The zero-order valence-electron chi connectivity index (χ0n) is 21.7. The third-order valence-corrected chi connectivity index (χ3v) is 7.75. The third kappa shape index (κ3) is 5.52. The van der Waals surface area contributed by atoms with Crippen molar-refractivity contribution in [3.63, 3.8) is 0 Å². The van der Waals surface area contributed by atoms with E-state index in [4.69, 9.17) is 18.9 Å². The summed E-state index contributed by atoms with van der Waals surface area (Å²) >= 11 is 0. The van der Waals surface area contributed by atoms with Crippen LogP contribution in [0.5, 0.6) is 11.5 Å². The number of carbonyl (C=O) groups is 1. The van der Waals surface area contributed by atoms with Crippen molar-refractivity contribution < 1.29 is 23.7 Å². The van der Waals surface area contributed by atoms with Crippen LogP contribution in [0.15, 0.2) is 78.9 Å².